The van der Waals surface area contributed by atoms with Crippen molar-refractivity contribution in [2.24, 2.45) is 0 Å². The highest BCUT2D eigenvalue weighted by Gasteiger charge is 2.38. The molecular formula is C25H30BrClFIN4O6. The van der Waals surface area contributed by atoms with Crippen molar-refractivity contribution in [3.8, 4) is 0 Å². The predicted molar refractivity (Wildman–Crippen MR) is 158 cm³/mol. The number of esters is 1. The van der Waals surface area contributed by atoms with E-state index in [0.29, 0.717) is 9.99 Å². The first kappa shape index (κ1) is 31.5. The van der Waals surface area contributed by atoms with E-state index in [2.05, 4.69) is 26.2 Å². The fraction of sp³-hybridized carbons (Fsp3) is 0.560. The summed E-state index contributed by atoms with van der Waals surface area (Å²) in [6.45, 7) is 10.7. The van der Waals surface area contributed by atoms with Crippen LogP contribution in [0.5, 0.6) is 0 Å². The summed E-state index contributed by atoms with van der Waals surface area (Å²) in [6, 6.07) is 0.533. The Morgan fingerprint density at radius 3 is 2.46 bits per heavy atom. The second-order valence-corrected chi connectivity index (χ2v) is 13.6. The van der Waals surface area contributed by atoms with Crippen LogP contribution in [0, 0.1) is 19.5 Å². The molecule has 0 aliphatic carbocycles. The first-order valence-corrected chi connectivity index (χ1v) is 14.4. The molecule has 1 saturated heterocycles. The number of hydrogen-bond acceptors (Lipinski definition) is 8. The van der Waals surface area contributed by atoms with Gasteiger partial charge in [0.2, 0.25) is 5.15 Å². The highest BCUT2D eigenvalue weighted by molar-refractivity contribution is 14.1. The summed E-state index contributed by atoms with van der Waals surface area (Å²) in [5.74, 6) is -1.19. The summed E-state index contributed by atoms with van der Waals surface area (Å²) in [7, 11) is 0. The third-order valence-electron chi connectivity index (χ3n) is 5.75. The Kier molecular flexibility index (Phi) is 9.58. The van der Waals surface area contributed by atoms with Gasteiger partial charge in [-0.05, 0) is 99.0 Å². The van der Waals surface area contributed by atoms with E-state index in [1.807, 2.05) is 22.6 Å². The Morgan fingerprint density at radius 2 is 1.90 bits per heavy atom. The van der Waals surface area contributed by atoms with Gasteiger partial charge in [-0.3, -0.25) is 14.9 Å². The molecule has 214 valence electrons. The highest BCUT2D eigenvalue weighted by atomic mass is 127. The quantitative estimate of drug-likeness (QED) is 0.0851. The van der Waals surface area contributed by atoms with Crippen molar-refractivity contribution in [2.75, 3.05) is 11.9 Å². The third-order valence-corrected chi connectivity index (χ3v) is 8.38. The molecule has 2 heterocycles. The Hall–Kier alpha value is -2.00. The number of carbonyl (C=O) groups is 2. The van der Waals surface area contributed by atoms with Crippen LogP contribution < -0.4 is 5.32 Å². The van der Waals surface area contributed by atoms with Gasteiger partial charge < -0.3 is 19.7 Å². The van der Waals surface area contributed by atoms with Gasteiger partial charge in [0.15, 0.2) is 5.82 Å². The normalized spacial score (nSPS) is 18.2. The molecule has 1 N–H and O–H groups in total. The van der Waals surface area contributed by atoms with Gasteiger partial charge in [0, 0.05) is 27.6 Å². The molecule has 1 aliphatic heterocycles. The van der Waals surface area contributed by atoms with E-state index in [1.165, 1.54) is 4.90 Å². The molecule has 2 atom stereocenters. The van der Waals surface area contributed by atoms with E-state index in [9.17, 15) is 19.7 Å². The number of hydrogen-bond donors (Lipinski definition) is 1. The van der Waals surface area contributed by atoms with Crippen LogP contribution in [0.15, 0.2) is 10.5 Å². The number of nitrogens with one attached hydrogen (secondary N) is 1. The molecular weight excluding hydrogens is 714 g/mol. The van der Waals surface area contributed by atoms with Crippen molar-refractivity contribution in [2.45, 2.75) is 84.1 Å². The van der Waals surface area contributed by atoms with Crippen LogP contribution in [-0.4, -0.2) is 56.7 Å². The number of ether oxygens (including phenoxy) is 2. The van der Waals surface area contributed by atoms with Crippen LogP contribution in [0.2, 0.25) is 5.15 Å². The summed E-state index contributed by atoms with van der Waals surface area (Å²) in [5.41, 5.74) is -2.06. The zero-order valence-electron chi connectivity index (χ0n) is 22.4. The number of anilines is 1. The van der Waals surface area contributed by atoms with Gasteiger partial charge in [0.05, 0.1) is 15.8 Å². The molecule has 0 unspecified atom stereocenters. The zero-order chi connectivity index (χ0) is 29.4. The minimum absolute atomic E-state index is 0.0195. The van der Waals surface area contributed by atoms with Crippen LogP contribution in [0.4, 0.5) is 20.6 Å². The van der Waals surface area contributed by atoms with E-state index >= 15 is 4.39 Å². The van der Waals surface area contributed by atoms with Gasteiger partial charge in [-0.15, -0.1) is 0 Å². The number of rotatable bonds is 5. The number of piperidine rings is 1. The molecule has 14 heteroatoms. The molecule has 1 fully saturated rings. The SMILES string of the molecule is CC(C)(C)OC(=O)C[C@@H]1C[C@@H](Nc2c([N+](=O)[O-])c(Cl)nc3c(F)c(Br)c(I)cc23)CCN1C(=O)OC(C)(C)C. The number of likely N-dealkylation sites (tertiary alicyclic amines) is 1. The average Bonchev–Trinajstić information content (AvgIpc) is 2.76. The van der Waals surface area contributed by atoms with Crippen molar-refractivity contribution < 1.29 is 28.4 Å². The first-order valence-electron chi connectivity index (χ1n) is 12.2. The fourth-order valence-corrected chi connectivity index (χ4v) is 5.39. The maximum absolute atomic E-state index is 15.1. The topological polar surface area (TPSA) is 124 Å². The Balaban J connectivity index is 2.00. The van der Waals surface area contributed by atoms with E-state index in [-0.39, 0.29) is 40.4 Å². The second kappa shape index (κ2) is 11.9. The Morgan fingerprint density at radius 1 is 1.28 bits per heavy atom. The lowest BCUT2D eigenvalue weighted by atomic mass is 9.94. The van der Waals surface area contributed by atoms with Crippen LogP contribution in [0.1, 0.15) is 60.8 Å². The van der Waals surface area contributed by atoms with Crippen molar-refractivity contribution in [1.82, 2.24) is 9.88 Å². The lowest BCUT2D eigenvalue weighted by Crippen LogP contribution is -2.51. The summed E-state index contributed by atoms with van der Waals surface area (Å²) < 4.78 is 26.8. The lowest BCUT2D eigenvalue weighted by Gasteiger charge is -2.40. The molecule has 1 amide bonds. The number of aromatic nitrogens is 1. The average molecular weight is 744 g/mol. The molecule has 0 bridgehead atoms. The van der Waals surface area contributed by atoms with Gasteiger partial charge in [-0.2, -0.15) is 0 Å². The Bertz CT molecular complexity index is 1320. The molecule has 2 aromatic rings. The molecule has 1 aromatic carbocycles. The molecule has 1 aliphatic rings. The molecule has 0 saturated carbocycles. The van der Waals surface area contributed by atoms with Crippen LogP contribution in [0.3, 0.4) is 0 Å². The minimum atomic E-state index is -0.745. The van der Waals surface area contributed by atoms with E-state index in [1.54, 1.807) is 47.6 Å². The maximum atomic E-state index is 15.1. The highest BCUT2D eigenvalue weighted by Crippen LogP contribution is 2.42. The van der Waals surface area contributed by atoms with E-state index < -0.39 is 56.9 Å². The molecule has 10 nitrogen and oxygen atoms in total. The van der Waals surface area contributed by atoms with Crippen LogP contribution in [0.25, 0.3) is 10.9 Å². The smallest absolute Gasteiger partial charge is 0.410 e. The molecule has 0 radical (unpaired) electrons. The second-order valence-electron chi connectivity index (χ2n) is 11.2. The van der Waals surface area contributed by atoms with Gasteiger partial charge in [0.1, 0.15) is 22.4 Å². The summed E-state index contributed by atoms with van der Waals surface area (Å²) >= 11 is 11.3. The molecule has 0 spiro atoms. The van der Waals surface area contributed by atoms with Gasteiger partial charge >= 0.3 is 17.7 Å². The summed E-state index contributed by atoms with van der Waals surface area (Å²) in [4.78, 5) is 42.5. The number of carbonyl (C=O) groups excluding carboxylic acids is 2. The number of pyridine rings is 1. The van der Waals surface area contributed by atoms with Gasteiger partial charge in [-0.25, -0.2) is 14.2 Å². The molecule has 39 heavy (non-hydrogen) atoms. The largest absolute Gasteiger partial charge is 0.460 e. The van der Waals surface area contributed by atoms with Crippen molar-refractivity contribution >= 4 is 84.5 Å². The number of nitrogens with zero attached hydrogens (tertiary/aromatic N) is 3. The number of benzene rings is 1. The Labute approximate surface area is 252 Å². The fourth-order valence-electron chi connectivity index (χ4n) is 4.30. The number of nitro groups is 1. The van der Waals surface area contributed by atoms with Crippen molar-refractivity contribution in [3.05, 3.63) is 35.2 Å². The van der Waals surface area contributed by atoms with E-state index in [4.69, 9.17) is 21.1 Å². The monoisotopic (exact) mass is 742 g/mol. The predicted octanol–water partition coefficient (Wildman–Crippen LogP) is 7.21. The molecule has 1 aromatic heterocycles. The number of fused-ring (bicyclic) bond motifs is 1. The van der Waals surface area contributed by atoms with Crippen LogP contribution >= 0.6 is 50.1 Å². The zero-order valence-corrected chi connectivity index (χ0v) is 26.9. The standard InChI is InChI=1S/C25H30BrClFIN4O6/c1-24(2,3)38-16(34)10-13-9-12(7-8-32(13)23(35)39-25(4,5)6)30-20-14-11-15(29)17(26)18(28)19(14)31-22(27)21(20)33(36)37/h11-13H,7-10H2,1-6H3,(H,30,31)/t12-,13-/m0/s1. The lowest BCUT2D eigenvalue weighted by molar-refractivity contribution is -0.384. The minimum Gasteiger partial charge on any atom is -0.460 e. The summed E-state index contributed by atoms with van der Waals surface area (Å²) in [5, 5.41) is 14.9. The van der Waals surface area contributed by atoms with Crippen molar-refractivity contribution in [1.29, 1.82) is 0 Å². The van der Waals surface area contributed by atoms with Gasteiger partial charge in [-0.1, -0.05) is 11.6 Å². The third kappa shape index (κ3) is 7.81. The first-order chi connectivity index (χ1) is 17.9. The number of halogens is 4. The maximum Gasteiger partial charge on any atom is 0.410 e. The van der Waals surface area contributed by atoms with Gasteiger partial charge in [0.25, 0.3) is 0 Å². The number of amides is 1. The van der Waals surface area contributed by atoms with Crippen LogP contribution in [-0.2, 0) is 14.3 Å². The molecule has 3 rings (SSSR count). The summed E-state index contributed by atoms with van der Waals surface area (Å²) in [6.07, 6.45) is -0.0561. The van der Waals surface area contributed by atoms with E-state index in [0.717, 1.165) is 0 Å². The van der Waals surface area contributed by atoms with Crippen molar-refractivity contribution in [3.63, 3.8) is 0 Å².